The third-order valence-electron chi connectivity index (χ3n) is 3.66. The molecule has 0 amide bonds. The Morgan fingerprint density at radius 3 is 2.68 bits per heavy atom. The topological polar surface area (TPSA) is 71.0 Å². The van der Waals surface area contributed by atoms with Gasteiger partial charge in [0.15, 0.2) is 5.96 Å². The van der Waals surface area contributed by atoms with Gasteiger partial charge in [0.05, 0.1) is 19.3 Å². The molecule has 2 rings (SSSR count). The highest BCUT2D eigenvalue weighted by molar-refractivity contribution is 14.0. The van der Waals surface area contributed by atoms with E-state index in [-0.39, 0.29) is 30.1 Å². The second kappa shape index (κ2) is 12.3. The summed E-state index contributed by atoms with van der Waals surface area (Å²) in [6.45, 7) is 10.2. The first-order valence-electron chi connectivity index (χ1n) is 8.53. The van der Waals surface area contributed by atoms with Crippen molar-refractivity contribution in [2.24, 2.45) is 4.99 Å². The summed E-state index contributed by atoms with van der Waals surface area (Å²) in [6.07, 6.45) is 1.96. The minimum Gasteiger partial charge on any atom is -0.475 e. The molecule has 1 aromatic heterocycles. The van der Waals surface area contributed by atoms with Gasteiger partial charge < -0.3 is 20.1 Å². The van der Waals surface area contributed by atoms with Crippen LogP contribution in [-0.4, -0.2) is 68.4 Å². The van der Waals surface area contributed by atoms with Crippen molar-refractivity contribution >= 4 is 29.9 Å². The largest absolute Gasteiger partial charge is 0.475 e. The van der Waals surface area contributed by atoms with Crippen LogP contribution in [0.3, 0.4) is 0 Å². The van der Waals surface area contributed by atoms with Crippen LogP contribution in [0, 0.1) is 0 Å². The van der Waals surface area contributed by atoms with Gasteiger partial charge in [0.2, 0.25) is 5.88 Å². The van der Waals surface area contributed by atoms with Gasteiger partial charge in [-0.05, 0) is 19.4 Å². The molecule has 8 heteroatoms. The van der Waals surface area contributed by atoms with Gasteiger partial charge in [0.25, 0.3) is 0 Å². The lowest BCUT2D eigenvalue weighted by molar-refractivity contribution is 0.0389. The van der Waals surface area contributed by atoms with Crippen molar-refractivity contribution in [3.63, 3.8) is 0 Å². The monoisotopic (exact) mass is 463 g/mol. The number of hydrogen-bond acceptors (Lipinski definition) is 5. The second-order valence-corrected chi connectivity index (χ2v) is 5.98. The Hall–Kier alpha value is -1.13. The average molecular weight is 463 g/mol. The lowest BCUT2D eigenvalue weighted by Gasteiger charge is -2.26. The Bertz CT molecular complexity index is 504. The van der Waals surface area contributed by atoms with Crippen molar-refractivity contribution < 1.29 is 9.47 Å². The van der Waals surface area contributed by atoms with Gasteiger partial charge in [-0.3, -0.25) is 9.89 Å². The molecule has 0 radical (unpaired) electrons. The van der Waals surface area contributed by atoms with Crippen LogP contribution in [0.2, 0.25) is 0 Å². The van der Waals surface area contributed by atoms with Crippen LogP contribution < -0.4 is 15.4 Å². The molecule has 0 atom stereocenters. The highest BCUT2D eigenvalue weighted by Crippen LogP contribution is 2.09. The van der Waals surface area contributed by atoms with Crippen molar-refractivity contribution in [2.45, 2.75) is 26.5 Å². The summed E-state index contributed by atoms with van der Waals surface area (Å²) in [5.74, 6) is 1.45. The van der Waals surface area contributed by atoms with Gasteiger partial charge >= 0.3 is 0 Å². The third-order valence-corrected chi connectivity index (χ3v) is 3.66. The number of pyridine rings is 1. The van der Waals surface area contributed by atoms with Crippen molar-refractivity contribution in [3.8, 4) is 5.88 Å². The number of aliphatic imine (C=N–C) groups is 1. The molecule has 1 fully saturated rings. The van der Waals surface area contributed by atoms with Gasteiger partial charge in [0, 0.05) is 52.0 Å². The van der Waals surface area contributed by atoms with Crippen LogP contribution in [0.5, 0.6) is 5.88 Å². The molecule has 2 N–H and O–H groups in total. The molecule has 0 spiro atoms. The van der Waals surface area contributed by atoms with Crippen LogP contribution >= 0.6 is 24.0 Å². The van der Waals surface area contributed by atoms with E-state index in [9.17, 15) is 0 Å². The number of aromatic nitrogens is 1. The Balaban J connectivity index is 0.00000312. The number of hydrogen-bond donors (Lipinski definition) is 2. The third kappa shape index (κ3) is 8.68. The molecule has 1 saturated heterocycles. The molecule has 7 nitrogen and oxygen atoms in total. The molecular formula is C17H30IN5O2. The first-order valence-corrected chi connectivity index (χ1v) is 8.53. The summed E-state index contributed by atoms with van der Waals surface area (Å²) >= 11 is 0. The first-order chi connectivity index (χ1) is 11.7. The summed E-state index contributed by atoms with van der Waals surface area (Å²) in [7, 11) is 1.78. The van der Waals surface area contributed by atoms with E-state index in [1.807, 2.05) is 32.2 Å². The van der Waals surface area contributed by atoms with E-state index in [0.29, 0.717) is 12.4 Å². The molecule has 1 aliphatic rings. The summed E-state index contributed by atoms with van der Waals surface area (Å²) in [5.41, 5.74) is 1.09. The van der Waals surface area contributed by atoms with Gasteiger partial charge in [-0.2, -0.15) is 0 Å². The maximum Gasteiger partial charge on any atom is 0.213 e. The van der Waals surface area contributed by atoms with Crippen LogP contribution in [0.4, 0.5) is 0 Å². The maximum atomic E-state index is 5.55. The molecule has 2 heterocycles. The summed E-state index contributed by atoms with van der Waals surface area (Å²) in [5, 5.41) is 6.63. The van der Waals surface area contributed by atoms with Gasteiger partial charge in [-0.15, -0.1) is 24.0 Å². The Labute approximate surface area is 167 Å². The number of halogens is 1. The molecule has 0 unspecified atom stereocenters. The molecule has 0 saturated carbocycles. The number of ether oxygens (including phenoxy) is 2. The van der Waals surface area contributed by atoms with Crippen LogP contribution in [0.25, 0.3) is 0 Å². The van der Waals surface area contributed by atoms with Crippen molar-refractivity contribution in [2.75, 3.05) is 46.4 Å². The summed E-state index contributed by atoms with van der Waals surface area (Å²) in [4.78, 5) is 10.9. The number of rotatable bonds is 7. The Morgan fingerprint density at radius 2 is 2.08 bits per heavy atom. The minimum atomic E-state index is 0. The maximum absolute atomic E-state index is 5.55. The second-order valence-electron chi connectivity index (χ2n) is 5.98. The summed E-state index contributed by atoms with van der Waals surface area (Å²) in [6, 6.07) is 3.91. The summed E-state index contributed by atoms with van der Waals surface area (Å²) < 4.78 is 10.9. The quantitative estimate of drug-likeness (QED) is 0.363. The molecule has 1 aromatic rings. The van der Waals surface area contributed by atoms with Gasteiger partial charge in [-0.25, -0.2) is 4.98 Å². The lowest BCUT2D eigenvalue weighted by Crippen LogP contribution is -2.44. The molecule has 0 aliphatic carbocycles. The highest BCUT2D eigenvalue weighted by Gasteiger charge is 2.09. The van der Waals surface area contributed by atoms with E-state index in [2.05, 4.69) is 25.5 Å². The average Bonchev–Trinajstić information content (AvgIpc) is 2.59. The standard InChI is InChI=1S/C17H29N5O2.HI/c1-14(2)24-16-5-4-15(12-20-16)13-21-17(18-3)19-6-7-22-8-10-23-11-9-22;/h4-5,12,14H,6-11,13H2,1-3H3,(H2,18,19,21);1H. The van der Waals surface area contributed by atoms with Crippen molar-refractivity contribution in [1.82, 2.24) is 20.5 Å². The number of nitrogens with one attached hydrogen (secondary N) is 2. The van der Waals surface area contributed by atoms with Gasteiger partial charge in [0.1, 0.15) is 0 Å². The zero-order chi connectivity index (χ0) is 17.2. The normalized spacial score (nSPS) is 15.6. The van der Waals surface area contributed by atoms with Crippen LogP contribution in [-0.2, 0) is 11.3 Å². The predicted octanol–water partition coefficient (Wildman–Crippen LogP) is 1.48. The molecule has 1 aliphatic heterocycles. The smallest absolute Gasteiger partial charge is 0.213 e. The van der Waals surface area contributed by atoms with E-state index < -0.39 is 0 Å². The number of guanidine groups is 1. The van der Waals surface area contributed by atoms with E-state index >= 15 is 0 Å². The van der Waals surface area contributed by atoms with Gasteiger partial charge in [-0.1, -0.05) is 6.07 Å². The molecule has 0 aromatic carbocycles. The van der Waals surface area contributed by atoms with Crippen molar-refractivity contribution in [1.29, 1.82) is 0 Å². The zero-order valence-corrected chi connectivity index (χ0v) is 17.7. The highest BCUT2D eigenvalue weighted by atomic mass is 127. The molecule has 25 heavy (non-hydrogen) atoms. The van der Waals surface area contributed by atoms with Crippen LogP contribution in [0.1, 0.15) is 19.4 Å². The van der Waals surface area contributed by atoms with Crippen LogP contribution in [0.15, 0.2) is 23.3 Å². The van der Waals surface area contributed by atoms with E-state index in [1.165, 1.54) is 0 Å². The minimum absolute atomic E-state index is 0. The molecule has 0 bridgehead atoms. The Kier molecular flexibility index (Phi) is 10.7. The van der Waals surface area contributed by atoms with E-state index in [0.717, 1.165) is 50.9 Å². The SMILES string of the molecule is CN=C(NCCN1CCOCC1)NCc1ccc(OC(C)C)nc1.I. The molecule has 142 valence electrons. The predicted molar refractivity (Wildman–Crippen MR) is 111 cm³/mol. The molecular weight excluding hydrogens is 433 g/mol. The van der Waals surface area contributed by atoms with E-state index in [1.54, 1.807) is 7.05 Å². The van der Waals surface area contributed by atoms with E-state index in [4.69, 9.17) is 9.47 Å². The fraction of sp³-hybridized carbons (Fsp3) is 0.647. The Morgan fingerprint density at radius 1 is 1.32 bits per heavy atom. The number of nitrogens with zero attached hydrogens (tertiary/aromatic N) is 3. The fourth-order valence-electron chi connectivity index (χ4n) is 2.39. The fourth-order valence-corrected chi connectivity index (χ4v) is 2.39. The number of morpholine rings is 1. The first kappa shape index (κ1) is 21.9. The lowest BCUT2D eigenvalue weighted by atomic mass is 10.3. The van der Waals surface area contributed by atoms with Crippen molar-refractivity contribution in [3.05, 3.63) is 23.9 Å². The zero-order valence-electron chi connectivity index (χ0n) is 15.3.